The number of guanidine groups is 1. The number of nitrogens with two attached hydrogens (primary N) is 1. The van der Waals surface area contributed by atoms with Gasteiger partial charge in [0.2, 0.25) is 0 Å². The topological polar surface area (TPSA) is 103 Å². The van der Waals surface area contributed by atoms with E-state index in [0.717, 1.165) is 11.1 Å². The van der Waals surface area contributed by atoms with Crippen molar-refractivity contribution in [1.82, 2.24) is 20.0 Å². The van der Waals surface area contributed by atoms with Crippen LogP contribution in [0, 0.1) is 0 Å². The number of benzene rings is 1. The third-order valence-corrected chi connectivity index (χ3v) is 4.69. The number of aliphatic imine (C=N–C) groups is 1. The minimum absolute atomic E-state index is 0.123. The average molecular weight is 378 g/mol. The molecule has 1 aliphatic heterocycles. The fourth-order valence-electron chi connectivity index (χ4n) is 2.99. The Morgan fingerprint density at radius 2 is 1.82 bits per heavy atom. The van der Waals surface area contributed by atoms with Gasteiger partial charge in [-0.25, -0.2) is 9.97 Å². The summed E-state index contributed by atoms with van der Waals surface area (Å²) in [6, 6.07) is 11.8. The van der Waals surface area contributed by atoms with Gasteiger partial charge in [0.05, 0.1) is 24.8 Å². The molecule has 0 spiro atoms. The number of nitrogens with zero attached hydrogens (tertiary/aromatic N) is 5. The molecular formula is C20H22N6O2. The molecule has 0 radical (unpaired) electrons. The van der Waals surface area contributed by atoms with E-state index in [1.54, 1.807) is 6.07 Å². The van der Waals surface area contributed by atoms with E-state index in [-0.39, 0.29) is 5.92 Å². The van der Waals surface area contributed by atoms with Gasteiger partial charge in [0, 0.05) is 37.1 Å². The lowest BCUT2D eigenvalue weighted by atomic mass is 10.1. The molecule has 1 fully saturated rings. The minimum Gasteiger partial charge on any atom is -0.378 e. The molecule has 2 aromatic heterocycles. The van der Waals surface area contributed by atoms with Crippen molar-refractivity contribution in [1.29, 1.82) is 0 Å². The van der Waals surface area contributed by atoms with Gasteiger partial charge in [-0.3, -0.25) is 0 Å². The number of rotatable bonds is 4. The molecule has 1 atom stereocenters. The van der Waals surface area contributed by atoms with Crippen molar-refractivity contribution in [3.05, 3.63) is 60.3 Å². The standard InChI is InChI=1S/C20H22N6O2/c1-14(19-22-12-16(13-23-19)15-5-3-2-4-6-15)17-11-18(28-25-17)24-20(21)26-7-9-27-10-8-26/h2-6,11-14H,7-10H2,1H3,(H2,21,24). The molecule has 3 heterocycles. The number of morpholine rings is 1. The van der Waals surface area contributed by atoms with Crippen molar-refractivity contribution in [3.63, 3.8) is 0 Å². The largest absolute Gasteiger partial charge is 0.378 e. The summed E-state index contributed by atoms with van der Waals surface area (Å²) >= 11 is 0. The summed E-state index contributed by atoms with van der Waals surface area (Å²) in [4.78, 5) is 15.3. The molecule has 1 aromatic carbocycles. The highest BCUT2D eigenvalue weighted by Gasteiger charge is 2.18. The predicted molar refractivity (Wildman–Crippen MR) is 105 cm³/mol. The van der Waals surface area contributed by atoms with E-state index in [4.69, 9.17) is 15.0 Å². The normalized spacial score (nSPS) is 16.2. The molecule has 0 saturated carbocycles. The predicted octanol–water partition coefficient (Wildman–Crippen LogP) is 2.56. The summed E-state index contributed by atoms with van der Waals surface area (Å²) in [5, 5.41) is 4.11. The van der Waals surface area contributed by atoms with E-state index in [0.29, 0.717) is 49.7 Å². The fourth-order valence-corrected chi connectivity index (χ4v) is 2.99. The molecule has 4 rings (SSSR count). The van der Waals surface area contributed by atoms with Gasteiger partial charge in [0.15, 0.2) is 5.96 Å². The number of aromatic nitrogens is 3. The van der Waals surface area contributed by atoms with Crippen LogP contribution in [0.5, 0.6) is 0 Å². The average Bonchev–Trinajstić information content (AvgIpc) is 3.23. The minimum atomic E-state index is -0.123. The van der Waals surface area contributed by atoms with Crippen LogP contribution in [-0.2, 0) is 4.74 Å². The number of hydrogen-bond acceptors (Lipinski definition) is 6. The summed E-state index contributed by atoms with van der Waals surface area (Å²) in [5.41, 5.74) is 8.82. The zero-order valence-electron chi connectivity index (χ0n) is 15.7. The van der Waals surface area contributed by atoms with Gasteiger partial charge in [-0.05, 0) is 12.5 Å². The molecule has 2 N–H and O–H groups in total. The van der Waals surface area contributed by atoms with E-state index < -0.39 is 0 Å². The molecule has 1 saturated heterocycles. The first-order valence-electron chi connectivity index (χ1n) is 9.21. The maximum atomic E-state index is 6.06. The molecule has 1 aliphatic rings. The Bertz CT molecular complexity index is 933. The Labute approximate surface area is 163 Å². The van der Waals surface area contributed by atoms with Gasteiger partial charge in [-0.2, -0.15) is 4.99 Å². The smallest absolute Gasteiger partial charge is 0.253 e. The van der Waals surface area contributed by atoms with Crippen LogP contribution in [0.25, 0.3) is 11.1 Å². The summed E-state index contributed by atoms with van der Waals surface area (Å²) in [6.07, 6.45) is 3.65. The van der Waals surface area contributed by atoms with E-state index in [1.165, 1.54) is 0 Å². The van der Waals surface area contributed by atoms with Crippen LogP contribution < -0.4 is 5.73 Å². The second kappa shape index (κ2) is 8.18. The first-order valence-corrected chi connectivity index (χ1v) is 9.21. The first kappa shape index (κ1) is 18.1. The third kappa shape index (κ3) is 4.01. The lowest BCUT2D eigenvalue weighted by molar-refractivity contribution is 0.0675. The van der Waals surface area contributed by atoms with Crippen molar-refractivity contribution in [2.24, 2.45) is 10.7 Å². The van der Waals surface area contributed by atoms with E-state index in [9.17, 15) is 0 Å². The molecule has 0 amide bonds. The van der Waals surface area contributed by atoms with Crippen molar-refractivity contribution >= 4 is 11.8 Å². The molecule has 8 nitrogen and oxygen atoms in total. The Hall–Kier alpha value is -3.26. The van der Waals surface area contributed by atoms with Gasteiger partial charge in [-0.15, -0.1) is 0 Å². The summed E-state index contributed by atoms with van der Waals surface area (Å²) < 4.78 is 10.7. The molecule has 28 heavy (non-hydrogen) atoms. The van der Waals surface area contributed by atoms with E-state index in [1.807, 2.05) is 54.5 Å². The Kier molecular flexibility index (Phi) is 5.29. The molecule has 3 aromatic rings. The molecule has 0 aliphatic carbocycles. The van der Waals surface area contributed by atoms with E-state index >= 15 is 0 Å². The molecule has 0 bridgehead atoms. The first-order chi connectivity index (χ1) is 13.7. The SMILES string of the molecule is CC(c1cc(/N=C(\N)N2CCOCC2)on1)c1ncc(-c2ccccc2)cn1. The van der Waals surface area contributed by atoms with Crippen molar-refractivity contribution in [2.75, 3.05) is 26.3 Å². The van der Waals surface area contributed by atoms with Gasteiger partial charge < -0.3 is 19.9 Å². The lowest BCUT2D eigenvalue weighted by Crippen LogP contribution is -2.44. The van der Waals surface area contributed by atoms with Crippen LogP contribution >= 0.6 is 0 Å². The zero-order chi connectivity index (χ0) is 19.3. The molecular weight excluding hydrogens is 356 g/mol. The van der Waals surface area contributed by atoms with Crippen LogP contribution in [0.15, 0.2) is 58.3 Å². The zero-order valence-corrected chi connectivity index (χ0v) is 15.7. The number of ether oxygens (including phenoxy) is 1. The lowest BCUT2D eigenvalue weighted by Gasteiger charge is -2.27. The Morgan fingerprint density at radius 3 is 2.54 bits per heavy atom. The van der Waals surface area contributed by atoms with Crippen molar-refractivity contribution < 1.29 is 9.26 Å². The third-order valence-electron chi connectivity index (χ3n) is 4.69. The second-order valence-corrected chi connectivity index (χ2v) is 6.58. The van der Waals surface area contributed by atoms with Gasteiger partial charge in [0.25, 0.3) is 5.88 Å². The summed E-state index contributed by atoms with van der Waals surface area (Å²) in [6.45, 7) is 4.70. The highest BCUT2D eigenvalue weighted by Crippen LogP contribution is 2.25. The van der Waals surface area contributed by atoms with Crippen LogP contribution in [-0.4, -0.2) is 52.3 Å². The molecule has 8 heteroatoms. The molecule has 144 valence electrons. The van der Waals surface area contributed by atoms with Crippen molar-refractivity contribution in [2.45, 2.75) is 12.8 Å². The van der Waals surface area contributed by atoms with E-state index in [2.05, 4.69) is 20.1 Å². The maximum Gasteiger partial charge on any atom is 0.253 e. The Balaban J connectivity index is 1.47. The van der Waals surface area contributed by atoms with Gasteiger partial charge in [-0.1, -0.05) is 35.5 Å². The maximum absolute atomic E-state index is 6.06. The van der Waals surface area contributed by atoms with Crippen LogP contribution in [0.2, 0.25) is 0 Å². The highest BCUT2D eigenvalue weighted by atomic mass is 16.5. The monoisotopic (exact) mass is 378 g/mol. The van der Waals surface area contributed by atoms with Crippen molar-refractivity contribution in [3.8, 4) is 11.1 Å². The van der Waals surface area contributed by atoms with Gasteiger partial charge in [0.1, 0.15) is 5.82 Å². The quantitative estimate of drug-likeness (QED) is 0.550. The Morgan fingerprint density at radius 1 is 1.11 bits per heavy atom. The number of hydrogen-bond donors (Lipinski definition) is 1. The summed E-state index contributed by atoms with van der Waals surface area (Å²) in [5.74, 6) is 1.32. The fraction of sp³-hybridized carbons (Fsp3) is 0.300. The van der Waals surface area contributed by atoms with Crippen LogP contribution in [0.1, 0.15) is 24.4 Å². The molecule has 1 unspecified atom stereocenters. The highest BCUT2D eigenvalue weighted by molar-refractivity contribution is 5.80. The second-order valence-electron chi connectivity index (χ2n) is 6.58. The van der Waals surface area contributed by atoms with Crippen LogP contribution in [0.3, 0.4) is 0 Å². The van der Waals surface area contributed by atoms with Gasteiger partial charge >= 0.3 is 0 Å². The summed E-state index contributed by atoms with van der Waals surface area (Å²) in [7, 11) is 0. The van der Waals surface area contributed by atoms with Crippen LogP contribution in [0.4, 0.5) is 5.88 Å².